The average Bonchev–Trinajstić information content (AvgIpc) is 2.56. The van der Waals surface area contributed by atoms with E-state index in [0.29, 0.717) is 4.47 Å². The molecule has 1 atom stereocenters. The Morgan fingerprint density at radius 2 is 1.96 bits per heavy atom. The zero-order valence-electron chi connectivity index (χ0n) is 12.9. The summed E-state index contributed by atoms with van der Waals surface area (Å²) in [7, 11) is 0. The predicted octanol–water partition coefficient (Wildman–Crippen LogP) is 3.68. The first-order chi connectivity index (χ1) is 11.8. The number of amides is 1. The Hall–Kier alpha value is -2.81. The first-order valence-corrected chi connectivity index (χ1v) is 7.79. The third kappa shape index (κ3) is 4.60. The van der Waals surface area contributed by atoms with E-state index in [1.807, 2.05) is 0 Å². The van der Waals surface area contributed by atoms with Crippen LogP contribution in [0, 0.1) is 15.9 Å². The molecule has 2 aromatic rings. The summed E-state index contributed by atoms with van der Waals surface area (Å²) in [5, 5.41) is 13.0. The van der Waals surface area contributed by atoms with Crippen LogP contribution < -0.4 is 5.32 Å². The van der Waals surface area contributed by atoms with Gasteiger partial charge in [-0.15, -0.1) is 0 Å². The number of nitro benzene ring substituents is 1. The molecule has 0 saturated heterocycles. The Kier molecular flexibility index (Phi) is 5.81. The minimum atomic E-state index is -1.16. The molecule has 0 aromatic heterocycles. The molecule has 0 aliphatic rings. The molecule has 25 heavy (non-hydrogen) atoms. The van der Waals surface area contributed by atoms with Crippen LogP contribution in [0.4, 0.5) is 15.8 Å². The Balaban J connectivity index is 2.06. The van der Waals surface area contributed by atoms with Gasteiger partial charge < -0.3 is 10.1 Å². The van der Waals surface area contributed by atoms with Gasteiger partial charge in [-0.25, -0.2) is 4.79 Å². The molecule has 0 aliphatic carbocycles. The summed E-state index contributed by atoms with van der Waals surface area (Å²) in [5.41, 5.74) is -0.503. The highest BCUT2D eigenvalue weighted by atomic mass is 79.9. The third-order valence-corrected chi connectivity index (χ3v) is 3.85. The third-order valence-electron chi connectivity index (χ3n) is 3.16. The summed E-state index contributed by atoms with van der Waals surface area (Å²) in [6, 6.07) is 9.46. The second-order valence-corrected chi connectivity index (χ2v) is 5.79. The van der Waals surface area contributed by atoms with Gasteiger partial charge in [-0.2, -0.15) is 4.39 Å². The first kappa shape index (κ1) is 18.5. The SMILES string of the molecule is CC(OC(=O)c1ccccc1Br)C(=O)Nc1ccc(F)c([N+](=O)[O-])c1. The second kappa shape index (κ2) is 7.84. The Morgan fingerprint density at radius 1 is 1.28 bits per heavy atom. The number of esters is 1. The van der Waals surface area contributed by atoms with E-state index >= 15 is 0 Å². The monoisotopic (exact) mass is 410 g/mol. The fraction of sp³-hybridized carbons (Fsp3) is 0.125. The summed E-state index contributed by atoms with van der Waals surface area (Å²) in [6.07, 6.45) is -1.16. The van der Waals surface area contributed by atoms with E-state index in [4.69, 9.17) is 4.74 Å². The lowest BCUT2D eigenvalue weighted by molar-refractivity contribution is -0.387. The van der Waals surface area contributed by atoms with Crippen LogP contribution in [0.5, 0.6) is 0 Å². The van der Waals surface area contributed by atoms with Crippen molar-refractivity contribution in [2.75, 3.05) is 5.32 Å². The van der Waals surface area contributed by atoms with Crippen LogP contribution in [-0.2, 0) is 9.53 Å². The van der Waals surface area contributed by atoms with Crippen LogP contribution in [0.3, 0.4) is 0 Å². The summed E-state index contributed by atoms with van der Waals surface area (Å²) < 4.78 is 18.9. The van der Waals surface area contributed by atoms with Crippen molar-refractivity contribution in [1.82, 2.24) is 0 Å². The van der Waals surface area contributed by atoms with Crippen molar-refractivity contribution in [3.8, 4) is 0 Å². The molecule has 9 heteroatoms. The smallest absolute Gasteiger partial charge is 0.340 e. The van der Waals surface area contributed by atoms with Crippen molar-refractivity contribution in [3.63, 3.8) is 0 Å². The van der Waals surface area contributed by atoms with Crippen LogP contribution >= 0.6 is 15.9 Å². The highest BCUT2D eigenvalue weighted by Gasteiger charge is 2.22. The van der Waals surface area contributed by atoms with Crippen molar-refractivity contribution >= 4 is 39.2 Å². The molecular weight excluding hydrogens is 399 g/mol. The van der Waals surface area contributed by atoms with Gasteiger partial charge in [0, 0.05) is 16.2 Å². The van der Waals surface area contributed by atoms with Crippen LogP contribution in [0.1, 0.15) is 17.3 Å². The maximum Gasteiger partial charge on any atom is 0.340 e. The van der Waals surface area contributed by atoms with E-state index < -0.39 is 34.4 Å². The number of ether oxygens (including phenoxy) is 1. The van der Waals surface area contributed by atoms with Gasteiger partial charge in [0.1, 0.15) is 0 Å². The summed E-state index contributed by atoms with van der Waals surface area (Å²) in [5.74, 6) is -2.43. The number of anilines is 1. The normalized spacial score (nSPS) is 11.5. The number of benzene rings is 2. The Labute approximate surface area is 150 Å². The number of nitrogens with zero attached hydrogens (tertiary/aromatic N) is 1. The molecule has 130 valence electrons. The molecule has 2 aromatic carbocycles. The highest BCUT2D eigenvalue weighted by Crippen LogP contribution is 2.22. The van der Waals surface area contributed by atoms with Gasteiger partial charge in [-0.1, -0.05) is 12.1 Å². The van der Waals surface area contributed by atoms with Crippen molar-refractivity contribution in [2.24, 2.45) is 0 Å². The fourth-order valence-electron chi connectivity index (χ4n) is 1.88. The van der Waals surface area contributed by atoms with Crippen molar-refractivity contribution in [1.29, 1.82) is 0 Å². The molecule has 1 N–H and O–H groups in total. The molecule has 1 unspecified atom stereocenters. The second-order valence-electron chi connectivity index (χ2n) is 4.94. The van der Waals surface area contributed by atoms with Crippen LogP contribution in [0.2, 0.25) is 0 Å². The van der Waals surface area contributed by atoms with Crippen LogP contribution in [-0.4, -0.2) is 22.9 Å². The molecule has 7 nitrogen and oxygen atoms in total. The van der Waals surface area contributed by atoms with Gasteiger partial charge in [0.25, 0.3) is 5.91 Å². The number of hydrogen-bond acceptors (Lipinski definition) is 5. The van der Waals surface area contributed by atoms with E-state index in [9.17, 15) is 24.1 Å². The minimum absolute atomic E-state index is 0.0156. The number of halogens is 2. The molecule has 0 radical (unpaired) electrons. The van der Waals surface area contributed by atoms with Crippen molar-refractivity contribution in [3.05, 3.63) is 68.4 Å². The van der Waals surface area contributed by atoms with E-state index in [0.717, 1.165) is 12.1 Å². The molecule has 0 bridgehead atoms. The lowest BCUT2D eigenvalue weighted by Gasteiger charge is -2.14. The lowest BCUT2D eigenvalue weighted by Crippen LogP contribution is -2.30. The molecule has 0 heterocycles. The number of nitrogens with one attached hydrogen (secondary N) is 1. The minimum Gasteiger partial charge on any atom is -0.449 e. The van der Waals surface area contributed by atoms with Crippen LogP contribution in [0.25, 0.3) is 0 Å². The number of rotatable bonds is 5. The topological polar surface area (TPSA) is 98.5 Å². The molecule has 2 rings (SSSR count). The molecule has 0 saturated carbocycles. The summed E-state index contributed by atoms with van der Waals surface area (Å²) >= 11 is 3.21. The van der Waals surface area contributed by atoms with Gasteiger partial charge in [-0.3, -0.25) is 14.9 Å². The van der Waals surface area contributed by atoms with E-state index in [1.165, 1.54) is 19.1 Å². The van der Waals surface area contributed by atoms with E-state index in [-0.39, 0.29) is 11.3 Å². The van der Waals surface area contributed by atoms with E-state index in [1.54, 1.807) is 18.2 Å². The number of carbonyl (C=O) groups excluding carboxylic acids is 2. The maximum atomic E-state index is 13.3. The summed E-state index contributed by atoms with van der Waals surface area (Å²) in [4.78, 5) is 33.9. The van der Waals surface area contributed by atoms with Crippen molar-refractivity contribution < 1.29 is 23.6 Å². The van der Waals surface area contributed by atoms with E-state index in [2.05, 4.69) is 21.2 Å². The van der Waals surface area contributed by atoms with Crippen molar-refractivity contribution in [2.45, 2.75) is 13.0 Å². The standard InChI is InChI=1S/C16H12BrFN2O5/c1-9(25-16(22)11-4-2-3-5-12(11)17)15(21)19-10-6-7-13(18)14(8-10)20(23)24/h2-9H,1H3,(H,19,21). The number of carbonyl (C=O) groups is 2. The first-order valence-electron chi connectivity index (χ1n) is 7.00. The molecule has 0 spiro atoms. The van der Waals surface area contributed by atoms with Gasteiger partial charge in [0.05, 0.1) is 10.5 Å². The Bertz CT molecular complexity index is 843. The van der Waals surface area contributed by atoms with Crippen LogP contribution in [0.15, 0.2) is 46.9 Å². The number of nitro groups is 1. The average molecular weight is 411 g/mol. The molecule has 0 aliphatic heterocycles. The predicted molar refractivity (Wildman–Crippen MR) is 90.7 cm³/mol. The lowest BCUT2D eigenvalue weighted by atomic mass is 10.2. The maximum absolute atomic E-state index is 13.3. The zero-order chi connectivity index (χ0) is 18.6. The quantitative estimate of drug-likeness (QED) is 0.460. The van der Waals surface area contributed by atoms with Gasteiger partial charge in [0.15, 0.2) is 6.10 Å². The summed E-state index contributed by atoms with van der Waals surface area (Å²) in [6.45, 7) is 1.35. The zero-order valence-corrected chi connectivity index (χ0v) is 14.4. The molecule has 1 amide bonds. The van der Waals surface area contributed by atoms with Gasteiger partial charge in [-0.05, 0) is 47.1 Å². The number of hydrogen-bond donors (Lipinski definition) is 1. The molecule has 0 fully saturated rings. The Morgan fingerprint density at radius 3 is 2.60 bits per heavy atom. The van der Waals surface area contributed by atoms with Gasteiger partial charge in [0.2, 0.25) is 5.82 Å². The molecular formula is C16H12BrFN2O5. The van der Waals surface area contributed by atoms with Gasteiger partial charge >= 0.3 is 11.7 Å². The fourth-order valence-corrected chi connectivity index (χ4v) is 2.33. The highest BCUT2D eigenvalue weighted by molar-refractivity contribution is 9.10. The largest absolute Gasteiger partial charge is 0.449 e.